The van der Waals surface area contributed by atoms with Crippen LogP contribution >= 0.6 is 23.2 Å². The van der Waals surface area contributed by atoms with Gasteiger partial charge in [0.05, 0.1) is 5.57 Å². The number of aromatic nitrogens is 3. The maximum Gasteiger partial charge on any atom is 0.453 e. The number of nitrogens with one attached hydrogen (secondary N) is 2. The highest BCUT2D eigenvalue weighted by atomic mass is 35.5. The zero-order valence-electron chi connectivity index (χ0n) is 15.8. The molecule has 1 aliphatic heterocycles. The standard InChI is InChI=1S/C20H14Cl2F3N5O/c1-10-15(17(31)27-14-8-6-13(22)7-9-14)16(11-2-4-12(21)5-3-11)30-19(26-10)28-18(29-30)20(23,24)25/h2-9,16H,1H3,(H,27,31)(H,26,28,29)/t16-/m1/s1. The van der Waals surface area contributed by atoms with Gasteiger partial charge in [-0.05, 0) is 48.9 Å². The molecule has 0 spiro atoms. The maximum absolute atomic E-state index is 13.2. The Hall–Kier alpha value is -3.04. The Morgan fingerprint density at radius 1 is 1.06 bits per heavy atom. The molecule has 0 aliphatic carbocycles. The third-order valence-corrected chi connectivity index (χ3v) is 5.14. The van der Waals surface area contributed by atoms with Crippen molar-refractivity contribution >= 4 is 40.7 Å². The highest BCUT2D eigenvalue weighted by Gasteiger charge is 2.41. The lowest BCUT2D eigenvalue weighted by Gasteiger charge is -2.28. The van der Waals surface area contributed by atoms with Gasteiger partial charge in [-0.25, -0.2) is 4.68 Å². The molecule has 1 aliphatic rings. The molecule has 0 bridgehead atoms. The summed E-state index contributed by atoms with van der Waals surface area (Å²) in [5, 5.41) is 10.1. The van der Waals surface area contributed by atoms with E-state index in [0.717, 1.165) is 4.68 Å². The zero-order chi connectivity index (χ0) is 22.3. The summed E-state index contributed by atoms with van der Waals surface area (Å²) in [6.07, 6.45) is -4.74. The second-order valence-electron chi connectivity index (χ2n) is 6.78. The number of allylic oxidation sites excluding steroid dienone is 1. The highest BCUT2D eigenvalue weighted by molar-refractivity contribution is 6.30. The van der Waals surface area contributed by atoms with Crippen LogP contribution in [0.3, 0.4) is 0 Å². The Morgan fingerprint density at radius 3 is 2.23 bits per heavy atom. The van der Waals surface area contributed by atoms with Gasteiger partial charge in [0.15, 0.2) is 0 Å². The molecular formula is C20H14Cl2F3N5O. The second-order valence-corrected chi connectivity index (χ2v) is 7.65. The Kier molecular flexibility index (Phi) is 5.40. The molecule has 1 amide bonds. The average Bonchev–Trinajstić information content (AvgIpc) is 3.13. The minimum atomic E-state index is -4.74. The molecule has 0 saturated heterocycles. The molecule has 6 nitrogen and oxygen atoms in total. The van der Waals surface area contributed by atoms with Gasteiger partial charge in [-0.15, -0.1) is 5.10 Å². The molecule has 0 fully saturated rings. The van der Waals surface area contributed by atoms with E-state index in [1.807, 2.05) is 0 Å². The number of fused-ring (bicyclic) bond motifs is 1. The monoisotopic (exact) mass is 467 g/mol. The first-order valence-corrected chi connectivity index (χ1v) is 9.73. The molecule has 1 aromatic heterocycles. The van der Waals surface area contributed by atoms with Crippen molar-refractivity contribution in [2.75, 3.05) is 10.6 Å². The lowest BCUT2D eigenvalue weighted by Crippen LogP contribution is -2.31. The number of rotatable bonds is 3. The lowest BCUT2D eigenvalue weighted by atomic mass is 9.95. The van der Waals surface area contributed by atoms with Crippen molar-refractivity contribution in [1.29, 1.82) is 0 Å². The fraction of sp³-hybridized carbons (Fsp3) is 0.150. The van der Waals surface area contributed by atoms with E-state index in [1.54, 1.807) is 55.5 Å². The quantitative estimate of drug-likeness (QED) is 0.530. The second kappa shape index (κ2) is 7.90. The number of carbonyl (C=O) groups excluding carboxylic acids is 1. The molecule has 0 radical (unpaired) electrons. The van der Waals surface area contributed by atoms with Crippen molar-refractivity contribution in [3.8, 4) is 0 Å². The van der Waals surface area contributed by atoms with Crippen LogP contribution in [0.15, 0.2) is 59.8 Å². The molecule has 160 valence electrons. The first-order chi connectivity index (χ1) is 14.6. The lowest BCUT2D eigenvalue weighted by molar-refractivity contribution is -0.145. The van der Waals surface area contributed by atoms with E-state index in [-0.39, 0.29) is 11.5 Å². The van der Waals surface area contributed by atoms with Crippen LogP contribution in [0.1, 0.15) is 24.4 Å². The summed E-state index contributed by atoms with van der Waals surface area (Å²) in [6, 6.07) is 11.9. The van der Waals surface area contributed by atoms with E-state index >= 15 is 0 Å². The van der Waals surface area contributed by atoms with Gasteiger partial charge in [0.25, 0.3) is 11.7 Å². The summed E-state index contributed by atoms with van der Waals surface area (Å²) in [5.74, 6) is -1.93. The van der Waals surface area contributed by atoms with Crippen LogP contribution in [0.4, 0.5) is 24.8 Å². The van der Waals surface area contributed by atoms with Gasteiger partial charge in [-0.2, -0.15) is 18.2 Å². The third kappa shape index (κ3) is 4.24. The van der Waals surface area contributed by atoms with E-state index < -0.39 is 23.9 Å². The summed E-state index contributed by atoms with van der Waals surface area (Å²) in [4.78, 5) is 16.7. The van der Waals surface area contributed by atoms with Crippen molar-refractivity contribution in [3.05, 3.63) is 81.2 Å². The number of anilines is 2. The molecule has 1 atom stereocenters. The molecule has 0 unspecified atom stereocenters. The normalized spacial score (nSPS) is 16.0. The summed E-state index contributed by atoms with van der Waals surface area (Å²) in [6.45, 7) is 1.59. The number of hydrogen-bond acceptors (Lipinski definition) is 4. The van der Waals surface area contributed by atoms with Crippen LogP contribution in [0.5, 0.6) is 0 Å². The largest absolute Gasteiger partial charge is 0.453 e. The minimum Gasteiger partial charge on any atom is -0.328 e. The smallest absolute Gasteiger partial charge is 0.328 e. The van der Waals surface area contributed by atoms with Gasteiger partial charge < -0.3 is 10.6 Å². The molecule has 0 saturated carbocycles. The van der Waals surface area contributed by atoms with E-state index in [2.05, 4.69) is 20.7 Å². The topological polar surface area (TPSA) is 71.8 Å². The third-order valence-electron chi connectivity index (χ3n) is 4.64. The molecule has 31 heavy (non-hydrogen) atoms. The number of halogens is 5. The molecule has 11 heteroatoms. The van der Waals surface area contributed by atoms with Crippen molar-refractivity contribution in [2.45, 2.75) is 19.1 Å². The van der Waals surface area contributed by atoms with Crippen molar-refractivity contribution in [3.63, 3.8) is 0 Å². The number of benzene rings is 2. The fourth-order valence-electron chi connectivity index (χ4n) is 3.25. The van der Waals surface area contributed by atoms with E-state index in [0.29, 0.717) is 27.0 Å². The van der Waals surface area contributed by atoms with Gasteiger partial charge >= 0.3 is 6.18 Å². The van der Waals surface area contributed by atoms with Crippen LogP contribution in [0, 0.1) is 0 Å². The number of carbonyl (C=O) groups is 1. The molecule has 4 rings (SSSR count). The highest BCUT2D eigenvalue weighted by Crippen LogP contribution is 2.38. The van der Waals surface area contributed by atoms with E-state index in [1.165, 1.54) is 0 Å². The molecule has 3 aromatic rings. The summed E-state index contributed by atoms with van der Waals surface area (Å²) < 4.78 is 40.8. The van der Waals surface area contributed by atoms with Crippen molar-refractivity contribution in [2.24, 2.45) is 0 Å². The SMILES string of the molecule is CC1=C(C(=O)Nc2ccc(Cl)cc2)[C@@H](c2ccc(Cl)cc2)n2nc(C(F)(F)F)nc2N1. The zero-order valence-corrected chi connectivity index (χ0v) is 17.3. The van der Waals surface area contributed by atoms with Crippen molar-refractivity contribution in [1.82, 2.24) is 14.8 Å². The number of hydrogen-bond donors (Lipinski definition) is 2. The van der Waals surface area contributed by atoms with Crippen LogP contribution in [0.25, 0.3) is 0 Å². The van der Waals surface area contributed by atoms with Gasteiger partial charge in [-0.3, -0.25) is 4.79 Å². The Bertz CT molecular complexity index is 1170. The van der Waals surface area contributed by atoms with E-state index in [9.17, 15) is 18.0 Å². The Labute approximate surface area is 184 Å². The first-order valence-electron chi connectivity index (χ1n) is 8.97. The van der Waals surface area contributed by atoms with Crippen molar-refractivity contribution < 1.29 is 18.0 Å². The molecule has 2 N–H and O–H groups in total. The number of amides is 1. The minimum absolute atomic E-state index is 0.118. The van der Waals surface area contributed by atoms with Gasteiger partial charge in [0, 0.05) is 21.4 Å². The van der Waals surface area contributed by atoms with Crippen LogP contribution in [-0.2, 0) is 11.0 Å². The average molecular weight is 468 g/mol. The maximum atomic E-state index is 13.2. The summed E-state index contributed by atoms with van der Waals surface area (Å²) in [7, 11) is 0. The predicted molar refractivity (Wildman–Crippen MR) is 111 cm³/mol. The number of alkyl halides is 3. The Balaban J connectivity index is 1.80. The van der Waals surface area contributed by atoms with Crippen LogP contribution < -0.4 is 10.6 Å². The predicted octanol–water partition coefficient (Wildman–Crippen LogP) is 5.53. The van der Waals surface area contributed by atoms with Gasteiger partial charge in [-0.1, -0.05) is 35.3 Å². The molecule has 2 aromatic carbocycles. The van der Waals surface area contributed by atoms with Crippen LogP contribution in [0.2, 0.25) is 10.0 Å². The van der Waals surface area contributed by atoms with Gasteiger partial charge in [0.1, 0.15) is 6.04 Å². The first kappa shape index (κ1) is 21.2. The number of nitrogens with zero attached hydrogens (tertiary/aromatic N) is 3. The fourth-order valence-corrected chi connectivity index (χ4v) is 3.50. The summed E-state index contributed by atoms with van der Waals surface area (Å²) >= 11 is 11.8. The van der Waals surface area contributed by atoms with Gasteiger partial charge in [0.2, 0.25) is 5.95 Å². The molecular weight excluding hydrogens is 454 g/mol. The molecule has 2 heterocycles. The van der Waals surface area contributed by atoms with E-state index in [4.69, 9.17) is 23.2 Å². The van der Waals surface area contributed by atoms with Crippen LogP contribution in [-0.4, -0.2) is 20.7 Å². The Morgan fingerprint density at radius 2 is 1.65 bits per heavy atom. The summed E-state index contributed by atoms with van der Waals surface area (Å²) in [5.41, 5.74) is 1.53.